The van der Waals surface area contributed by atoms with Crippen molar-refractivity contribution in [3.8, 4) is 17.2 Å². The lowest BCUT2D eigenvalue weighted by Crippen LogP contribution is -2.25. The predicted molar refractivity (Wildman–Crippen MR) is 147 cm³/mol. The molecule has 0 aliphatic carbocycles. The summed E-state index contributed by atoms with van der Waals surface area (Å²) < 4.78 is 35.9. The Morgan fingerprint density at radius 3 is 2.50 bits per heavy atom. The third-order valence-corrected chi connectivity index (χ3v) is 7.96. The minimum Gasteiger partial charge on any atom is -0.491 e. The fourth-order valence-corrected chi connectivity index (χ4v) is 4.84. The number of fused-ring (bicyclic) bond motifs is 1. The van der Waals surface area contributed by atoms with E-state index in [1.54, 1.807) is 23.0 Å². The maximum atomic E-state index is 12.3. The van der Waals surface area contributed by atoms with Crippen LogP contribution in [0.15, 0.2) is 42.6 Å². The zero-order chi connectivity index (χ0) is 27.0. The molecule has 2 aromatic carbocycles. The monoisotopic (exact) mass is 542 g/mol. The second kappa shape index (κ2) is 13.2. The van der Waals surface area contributed by atoms with E-state index in [1.165, 1.54) is 7.11 Å². The summed E-state index contributed by atoms with van der Waals surface area (Å²) in [6, 6.07) is 11.8. The summed E-state index contributed by atoms with van der Waals surface area (Å²) in [5.41, 5.74) is 1.13. The van der Waals surface area contributed by atoms with Gasteiger partial charge in [0, 0.05) is 33.3 Å². The van der Waals surface area contributed by atoms with Crippen molar-refractivity contribution in [2.45, 2.75) is 51.4 Å². The molecule has 1 aliphatic heterocycles. The van der Waals surface area contributed by atoms with Crippen molar-refractivity contribution in [2.24, 2.45) is 0 Å². The Hall–Kier alpha value is -2.92. The van der Waals surface area contributed by atoms with Crippen LogP contribution in [0.2, 0.25) is 25.7 Å². The first-order valence-corrected chi connectivity index (χ1v) is 16.8. The molecule has 1 aliphatic rings. The van der Waals surface area contributed by atoms with Gasteiger partial charge in [-0.15, -0.1) is 0 Å². The number of benzene rings is 2. The number of ether oxygens (including phenoxy) is 6. The number of hydrogen-bond acceptors (Lipinski definition) is 8. The molecule has 0 bridgehead atoms. The highest BCUT2D eigenvalue weighted by molar-refractivity contribution is 6.76. The van der Waals surface area contributed by atoms with E-state index in [-0.39, 0.29) is 6.10 Å². The average Bonchev–Trinajstić information content (AvgIpc) is 3.33. The normalized spacial score (nSPS) is 14.5. The number of hydrogen-bond donors (Lipinski definition) is 0. The van der Waals surface area contributed by atoms with Crippen molar-refractivity contribution in [3.63, 3.8) is 0 Å². The number of rotatable bonds is 13. The summed E-state index contributed by atoms with van der Waals surface area (Å²) in [4.78, 5) is 12.3. The van der Waals surface area contributed by atoms with Crippen LogP contribution in [0.1, 0.15) is 23.2 Å². The van der Waals surface area contributed by atoms with E-state index in [1.807, 2.05) is 24.3 Å². The Morgan fingerprint density at radius 2 is 1.79 bits per heavy atom. The van der Waals surface area contributed by atoms with Gasteiger partial charge in [0.2, 0.25) is 0 Å². The third kappa shape index (κ3) is 8.04. The van der Waals surface area contributed by atoms with Gasteiger partial charge in [0.25, 0.3) is 0 Å². The number of aromatic nitrogens is 2. The molecule has 4 rings (SSSR count). The Labute approximate surface area is 224 Å². The molecule has 206 valence electrons. The molecule has 0 atom stereocenters. The first kappa shape index (κ1) is 28.1. The van der Waals surface area contributed by atoms with Gasteiger partial charge in [0.05, 0.1) is 31.6 Å². The van der Waals surface area contributed by atoms with Crippen LogP contribution in [-0.4, -0.2) is 70.1 Å². The standard InChI is InChI=1S/C28H38N2O7Si/c1-32-28(31)21-17-22-19-29-30(20-34-15-16-38(2,3)4)27(22)26(18-21)37-25-7-5-23(6-8-25)35-13-14-36-24-9-11-33-12-10-24/h5-8,17-19,24H,9-16,20H2,1-4H3. The molecule has 0 saturated carbocycles. The molecule has 1 saturated heterocycles. The van der Waals surface area contributed by atoms with E-state index in [9.17, 15) is 4.79 Å². The summed E-state index contributed by atoms with van der Waals surface area (Å²) in [5.74, 6) is 1.38. The summed E-state index contributed by atoms with van der Waals surface area (Å²) >= 11 is 0. The van der Waals surface area contributed by atoms with Gasteiger partial charge in [-0.25, -0.2) is 9.48 Å². The van der Waals surface area contributed by atoms with Crippen molar-refractivity contribution < 1.29 is 33.2 Å². The quantitative estimate of drug-likeness (QED) is 0.159. The zero-order valence-corrected chi connectivity index (χ0v) is 23.7. The lowest BCUT2D eigenvalue weighted by molar-refractivity contribution is -0.0388. The molecule has 38 heavy (non-hydrogen) atoms. The molecule has 10 heteroatoms. The molecule has 9 nitrogen and oxygen atoms in total. The maximum absolute atomic E-state index is 12.3. The van der Waals surface area contributed by atoms with Crippen LogP contribution in [0.25, 0.3) is 10.9 Å². The molecule has 0 N–H and O–H groups in total. The fraction of sp³-hybridized carbons (Fsp3) is 0.500. The molecule has 2 heterocycles. The largest absolute Gasteiger partial charge is 0.491 e. The number of carbonyl (C=O) groups is 1. The molecule has 1 fully saturated rings. The molecule has 0 radical (unpaired) electrons. The molecule has 0 spiro atoms. The number of esters is 1. The first-order valence-electron chi connectivity index (χ1n) is 13.1. The minimum absolute atomic E-state index is 0.250. The van der Waals surface area contributed by atoms with Gasteiger partial charge in [-0.05, 0) is 55.3 Å². The zero-order valence-electron chi connectivity index (χ0n) is 22.7. The van der Waals surface area contributed by atoms with Crippen molar-refractivity contribution >= 4 is 24.9 Å². The average molecular weight is 543 g/mol. The highest BCUT2D eigenvalue weighted by Gasteiger charge is 2.18. The molecule has 0 unspecified atom stereocenters. The van der Waals surface area contributed by atoms with Crippen molar-refractivity contribution in [1.82, 2.24) is 9.78 Å². The summed E-state index contributed by atoms with van der Waals surface area (Å²) in [6.07, 6.45) is 3.82. The molecule has 3 aromatic rings. The van der Waals surface area contributed by atoms with E-state index < -0.39 is 14.0 Å². The van der Waals surface area contributed by atoms with E-state index in [2.05, 4.69) is 24.7 Å². The second-order valence-corrected chi connectivity index (χ2v) is 16.1. The van der Waals surface area contributed by atoms with Gasteiger partial charge in [0.1, 0.15) is 30.4 Å². The molecular formula is C28H38N2O7Si. The lowest BCUT2D eigenvalue weighted by Gasteiger charge is -2.22. The SMILES string of the molecule is COC(=O)c1cc(Oc2ccc(OCCOC3CCOCC3)cc2)c2c(cnn2COCC[Si](C)(C)C)c1. The summed E-state index contributed by atoms with van der Waals surface area (Å²) in [5, 5.41) is 5.24. The van der Waals surface area contributed by atoms with E-state index >= 15 is 0 Å². The van der Waals surface area contributed by atoms with Crippen LogP contribution in [-0.2, 0) is 25.7 Å². The Balaban J connectivity index is 1.42. The second-order valence-electron chi connectivity index (χ2n) is 10.5. The third-order valence-electron chi connectivity index (χ3n) is 6.26. The van der Waals surface area contributed by atoms with Gasteiger partial charge in [0.15, 0.2) is 5.75 Å². The van der Waals surface area contributed by atoms with Crippen LogP contribution in [0.5, 0.6) is 17.2 Å². The lowest BCUT2D eigenvalue weighted by atomic mass is 10.1. The van der Waals surface area contributed by atoms with Crippen LogP contribution in [0.4, 0.5) is 0 Å². The van der Waals surface area contributed by atoms with Crippen molar-refractivity contribution in [3.05, 3.63) is 48.2 Å². The van der Waals surface area contributed by atoms with Crippen LogP contribution < -0.4 is 9.47 Å². The van der Waals surface area contributed by atoms with E-state index in [4.69, 9.17) is 28.4 Å². The van der Waals surface area contributed by atoms with Crippen LogP contribution in [0, 0.1) is 0 Å². The van der Waals surface area contributed by atoms with E-state index in [0.29, 0.717) is 43.6 Å². The first-order chi connectivity index (χ1) is 18.3. The molecule has 0 amide bonds. The number of methoxy groups -OCH3 is 1. The van der Waals surface area contributed by atoms with Crippen LogP contribution >= 0.6 is 0 Å². The van der Waals surface area contributed by atoms with E-state index in [0.717, 1.165) is 48.8 Å². The van der Waals surface area contributed by atoms with Gasteiger partial charge in [-0.1, -0.05) is 19.6 Å². The van der Waals surface area contributed by atoms with Gasteiger partial charge in [-0.3, -0.25) is 0 Å². The smallest absolute Gasteiger partial charge is 0.338 e. The molecule has 1 aromatic heterocycles. The highest BCUT2D eigenvalue weighted by Crippen LogP contribution is 2.33. The number of nitrogens with zero attached hydrogens (tertiary/aromatic N) is 2. The predicted octanol–water partition coefficient (Wildman–Crippen LogP) is 5.50. The molecular weight excluding hydrogens is 504 g/mol. The van der Waals surface area contributed by atoms with Crippen molar-refractivity contribution in [1.29, 1.82) is 0 Å². The Morgan fingerprint density at radius 1 is 1.05 bits per heavy atom. The maximum Gasteiger partial charge on any atom is 0.338 e. The van der Waals surface area contributed by atoms with Gasteiger partial charge in [-0.2, -0.15) is 5.10 Å². The fourth-order valence-electron chi connectivity index (χ4n) is 4.08. The summed E-state index contributed by atoms with van der Waals surface area (Å²) in [7, 11) is 0.162. The highest BCUT2D eigenvalue weighted by atomic mass is 28.3. The van der Waals surface area contributed by atoms with Crippen molar-refractivity contribution in [2.75, 3.05) is 40.1 Å². The Kier molecular flexibility index (Phi) is 9.78. The van der Waals surface area contributed by atoms with Crippen LogP contribution in [0.3, 0.4) is 0 Å². The number of carbonyl (C=O) groups excluding carboxylic acids is 1. The summed E-state index contributed by atoms with van der Waals surface area (Å²) in [6.45, 7) is 10.4. The van der Waals surface area contributed by atoms with Gasteiger partial charge >= 0.3 is 5.97 Å². The Bertz CT molecular complexity index is 1180. The topological polar surface area (TPSA) is 90.3 Å². The van der Waals surface area contributed by atoms with Gasteiger partial charge < -0.3 is 28.4 Å². The minimum atomic E-state index is -1.20.